The van der Waals surface area contributed by atoms with Gasteiger partial charge in [-0.2, -0.15) is 0 Å². The molecule has 0 radical (unpaired) electrons. The van der Waals surface area contributed by atoms with Crippen molar-refractivity contribution in [3.05, 3.63) is 0 Å². The minimum atomic E-state index is 0. The zero-order chi connectivity index (χ0) is 15.6. The highest BCUT2D eigenvalue weighted by Gasteiger charge is 2.56. The summed E-state index contributed by atoms with van der Waals surface area (Å²) >= 11 is 0. The molecule has 1 saturated carbocycles. The minimum absolute atomic E-state index is 0. The molecule has 0 bridgehead atoms. The first-order chi connectivity index (χ1) is 10.0. The summed E-state index contributed by atoms with van der Waals surface area (Å²) in [6, 6.07) is 0.340. The summed E-state index contributed by atoms with van der Waals surface area (Å²) in [7, 11) is 2.00. The van der Waals surface area contributed by atoms with Crippen LogP contribution in [-0.4, -0.2) is 49.7 Å². The van der Waals surface area contributed by atoms with Crippen molar-refractivity contribution < 1.29 is 9.53 Å². The van der Waals surface area contributed by atoms with Crippen LogP contribution in [0, 0.1) is 17.3 Å². The van der Waals surface area contributed by atoms with Gasteiger partial charge < -0.3 is 15.0 Å². The molecule has 22 heavy (non-hydrogen) atoms. The van der Waals surface area contributed by atoms with Gasteiger partial charge in [-0.25, -0.2) is 0 Å². The highest BCUT2D eigenvalue weighted by atomic mass is 35.5. The second kappa shape index (κ2) is 7.98. The molecule has 2 fully saturated rings. The fourth-order valence-electron chi connectivity index (χ4n) is 4.22. The average Bonchev–Trinajstić information content (AvgIpc) is 2.41. The Morgan fingerprint density at radius 3 is 2.32 bits per heavy atom. The molecule has 1 heterocycles. The number of amides is 1. The van der Waals surface area contributed by atoms with Crippen molar-refractivity contribution >= 4 is 18.3 Å². The van der Waals surface area contributed by atoms with E-state index in [9.17, 15) is 4.79 Å². The van der Waals surface area contributed by atoms with Gasteiger partial charge in [0.15, 0.2) is 0 Å². The number of halogens is 1. The normalized spacial score (nSPS) is 28.0. The largest absolute Gasteiger partial charge is 0.378 e. The van der Waals surface area contributed by atoms with E-state index in [2.05, 4.69) is 33.0 Å². The van der Waals surface area contributed by atoms with E-state index in [1.807, 2.05) is 11.9 Å². The quantitative estimate of drug-likeness (QED) is 0.779. The van der Waals surface area contributed by atoms with Gasteiger partial charge in [0.1, 0.15) is 0 Å². The topological polar surface area (TPSA) is 41.6 Å². The van der Waals surface area contributed by atoms with Crippen LogP contribution in [0.1, 0.15) is 47.0 Å². The summed E-state index contributed by atoms with van der Waals surface area (Å²) in [4.78, 5) is 14.8. The van der Waals surface area contributed by atoms with Gasteiger partial charge in [-0.15, -0.1) is 12.4 Å². The molecule has 3 unspecified atom stereocenters. The number of carbonyl (C=O) groups excluding carboxylic acids is 1. The summed E-state index contributed by atoms with van der Waals surface area (Å²) in [5, 5.41) is 3.26. The molecular weight excluding hydrogens is 300 g/mol. The predicted molar refractivity (Wildman–Crippen MR) is 92.4 cm³/mol. The van der Waals surface area contributed by atoms with Crippen molar-refractivity contribution in [1.82, 2.24) is 10.2 Å². The predicted octanol–water partition coefficient (Wildman–Crippen LogP) is 2.71. The first-order valence-corrected chi connectivity index (χ1v) is 8.60. The Bertz CT molecular complexity index is 370. The van der Waals surface area contributed by atoms with Crippen LogP contribution < -0.4 is 5.32 Å². The highest BCUT2D eigenvalue weighted by molar-refractivity contribution is 5.85. The maximum absolute atomic E-state index is 12.8. The Morgan fingerprint density at radius 2 is 1.91 bits per heavy atom. The molecule has 5 heteroatoms. The van der Waals surface area contributed by atoms with Crippen LogP contribution in [0.5, 0.6) is 0 Å². The van der Waals surface area contributed by atoms with Crippen LogP contribution in [-0.2, 0) is 9.53 Å². The molecule has 4 nitrogen and oxygen atoms in total. The number of rotatable bonds is 7. The van der Waals surface area contributed by atoms with E-state index in [0.717, 1.165) is 39.0 Å². The Labute approximate surface area is 141 Å². The maximum Gasteiger partial charge on any atom is 0.225 e. The molecular formula is C17H33ClN2O2. The molecule has 1 aliphatic heterocycles. The van der Waals surface area contributed by atoms with Crippen molar-refractivity contribution in [2.75, 3.05) is 26.7 Å². The van der Waals surface area contributed by atoms with E-state index in [4.69, 9.17) is 4.74 Å². The summed E-state index contributed by atoms with van der Waals surface area (Å²) in [6.45, 7) is 11.4. The van der Waals surface area contributed by atoms with E-state index in [0.29, 0.717) is 24.0 Å². The van der Waals surface area contributed by atoms with Gasteiger partial charge >= 0.3 is 0 Å². The van der Waals surface area contributed by atoms with Crippen molar-refractivity contribution in [2.24, 2.45) is 17.3 Å². The van der Waals surface area contributed by atoms with E-state index < -0.39 is 0 Å². The fourth-order valence-corrected chi connectivity index (χ4v) is 4.22. The lowest BCUT2D eigenvalue weighted by atomic mass is 9.58. The van der Waals surface area contributed by atoms with Gasteiger partial charge in [0, 0.05) is 31.0 Å². The van der Waals surface area contributed by atoms with Crippen molar-refractivity contribution in [1.29, 1.82) is 0 Å². The molecule has 0 aromatic heterocycles. The molecule has 1 amide bonds. The van der Waals surface area contributed by atoms with Crippen molar-refractivity contribution in [3.63, 3.8) is 0 Å². The molecule has 1 aliphatic carbocycles. The summed E-state index contributed by atoms with van der Waals surface area (Å²) < 4.78 is 5.93. The molecule has 1 saturated heterocycles. The smallest absolute Gasteiger partial charge is 0.225 e. The Balaban J connectivity index is 0.00000242. The van der Waals surface area contributed by atoms with Gasteiger partial charge in [0.05, 0.1) is 6.10 Å². The zero-order valence-electron chi connectivity index (χ0n) is 14.7. The van der Waals surface area contributed by atoms with Crippen molar-refractivity contribution in [2.45, 2.75) is 59.1 Å². The van der Waals surface area contributed by atoms with Gasteiger partial charge in [-0.1, -0.05) is 20.8 Å². The van der Waals surface area contributed by atoms with Crippen LogP contribution in [0.3, 0.4) is 0 Å². The van der Waals surface area contributed by atoms with Crippen LogP contribution in [0.4, 0.5) is 0 Å². The lowest BCUT2D eigenvalue weighted by molar-refractivity contribution is -0.180. The van der Waals surface area contributed by atoms with Gasteiger partial charge in [-0.05, 0) is 45.2 Å². The standard InChI is InChI=1S/C17H32N2O2.ClH/c1-6-17(7-2)14(9-15(17)21-8-3)19(5)16(20)12(4)13-10-18-11-13;/h12-15,18H,6-11H2,1-5H3;1H. The molecule has 0 spiro atoms. The molecule has 1 N–H and O–H groups in total. The first-order valence-electron chi connectivity index (χ1n) is 8.60. The number of hydrogen-bond acceptors (Lipinski definition) is 3. The Morgan fingerprint density at radius 1 is 1.32 bits per heavy atom. The monoisotopic (exact) mass is 332 g/mol. The van der Waals surface area contributed by atoms with Crippen molar-refractivity contribution in [3.8, 4) is 0 Å². The molecule has 0 aromatic carbocycles. The fraction of sp³-hybridized carbons (Fsp3) is 0.941. The minimum Gasteiger partial charge on any atom is -0.378 e. The third-order valence-electron chi connectivity index (χ3n) is 6.15. The molecule has 3 atom stereocenters. The van der Waals surface area contributed by atoms with Crippen LogP contribution >= 0.6 is 12.4 Å². The third-order valence-corrected chi connectivity index (χ3v) is 6.15. The number of nitrogens with one attached hydrogen (secondary N) is 1. The number of hydrogen-bond donors (Lipinski definition) is 1. The lowest BCUT2D eigenvalue weighted by Crippen LogP contribution is -2.65. The summed E-state index contributed by atoms with van der Waals surface area (Å²) in [5.74, 6) is 0.960. The summed E-state index contributed by atoms with van der Waals surface area (Å²) in [5.41, 5.74) is 0.151. The number of nitrogens with zero attached hydrogens (tertiary/aromatic N) is 1. The first kappa shape index (κ1) is 19.7. The Hall–Kier alpha value is -0.320. The molecule has 130 valence electrons. The Kier molecular flexibility index (Phi) is 7.16. The molecule has 0 aromatic rings. The van der Waals surface area contributed by atoms with E-state index >= 15 is 0 Å². The molecule has 2 rings (SSSR count). The SMILES string of the molecule is CCOC1CC(N(C)C(=O)C(C)C2CNC2)C1(CC)CC.Cl. The second-order valence-electron chi connectivity index (χ2n) is 6.79. The second-order valence-corrected chi connectivity index (χ2v) is 6.79. The average molecular weight is 333 g/mol. The number of ether oxygens (including phenoxy) is 1. The lowest BCUT2D eigenvalue weighted by Gasteiger charge is -2.58. The third kappa shape index (κ3) is 3.15. The van der Waals surface area contributed by atoms with Gasteiger partial charge in [-0.3, -0.25) is 4.79 Å². The summed E-state index contributed by atoms with van der Waals surface area (Å²) in [6.07, 6.45) is 3.47. The van der Waals surface area contributed by atoms with Crippen LogP contribution in [0.15, 0.2) is 0 Å². The van der Waals surface area contributed by atoms with E-state index in [1.165, 1.54) is 0 Å². The number of carbonyl (C=O) groups is 1. The van der Waals surface area contributed by atoms with Crippen LogP contribution in [0.25, 0.3) is 0 Å². The van der Waals surface area contributed by atoms with Gasteiger partial charge in [0.25, 0.3) is 0 Å². The van der Waals surface area contributed by atoms with E-state index in [-0.39, 0.29) is 23.7 Å². The zero-order valence-corrected chi connectivity index (χ0v) is 15.5. The molecule has 2 aliphatic rings. The van der Waals surface area contributed by atoms with Gasteiger partial charge in [0.2, 0.25) is 5.91 Å². The maximum atomic E-state index is 12.8. The van der Waals surface area contributed by atoms with Crippen LogP contribution in [0.2, 0.25) is 0 Å². The highest BCUT2D eigenvalue weighted by Crippen LogP contribution is 2.51. The van der Waals surface area contributed by atoms with E-state index in [1.54, 1.807) is 0 Å².